The highest BCUT2D eigenvalue weighted by Gasteiger charge is 2.52. The van der Waals surface area contributed by atoms with E-state index < -0.39 is 32.0 Å². The number of nitrogens with zero attached hydrogens (tertiary/aromatic N) is 2. The minimum atomic E-state index is -4.51. The number of carbonyl (C=O) groups is 1. The molecule has 9 heteroatoms. The fourth-order valence-electron chi connectivity index (χ4n) is 4.35. The lowest BCUT2D eigenvalue weighted by Crippen LogP contribution is -2.47. The van der Waals surface area contributed by atoms with Gasteiger partial charge in [-0.1, -0.05) is 76.2 Å². The maximum absolute atomic E-state index is 13.9. The van der Waals surface area contributed by atoms with Crippen LogP contribution in [0.3, 0.4) is 0 Å². The van der Waals surface area contributed by atoms with Crippen LogP contribution in [0.1, 0.15) is 29.2 Å². The molecule has 0 N–H and O–H groups in total. The molecule has 4 aromatic carbocycles. The van der Waals surface area contributed by atoms with Gasteiger partial charge in [0.25, 0.3) is 26.0 Å². The van der Waals surface area contributed by atoms with Gasteiger partial charge in [-0.2, -0.15) is 8.42 Å². The van der Waals surface area contributed by atoms with Crippen molar-refractivity contribution in [1.29, 1.82) is 0 Å². The number of hydrazine groups is 1. The van der Waals surface area contributed by atoms with E-state index in [1.165, 1.54) is 24.3 Å². The summed E-state index contributed by atoms with van der Waals surface area (Å²) in [6.45, 7) is 3.63. The van der Waals surface area contributed by atoms with E-state index in [-0.39, 0.29) is 16.2 Å². The summed E-state index contributed by atoms with van der Waals surface area (Å²) < 4.78 is 56.4. The standard InChI is InChI=1S/C27H24N2O5S2/c1-19-7-13-24(14-8-19)35(31,32)28-26(23-12-11-21-5-3-4-6-22(21)17-23)18-27(30)29(28)36(33,34)25-15-9-20(2)10-16-25/h3-17,26H,18H2,1-2H3. The maximum atomic E-state index is 13.9. The first-order chi connectivity index (χ1) is 17.1. The van der Waals surface area contributed by atoms with Crippen LogP contribution in [0.2, 0.25) is 0 Å². The summed E-state index contributed by atoms with van der Waals surface area (Å²) >= 11 is 0. The molecular weight excluding hydrogens is 496 g/mol. The molecule has 1 aliphatic heterocycles. The minimum Gasteiger partial charge on any atom is -0.272 e. The first-order valence-corrected chi connectivity index (χ1v) is 14.2. The number of hydrogen-bond acceptors (Lipinski definition) is 5. The Kier molecular flexibility index (Phi) is 5.94. The highest BCUT2D eigenvalue weighted by molar-refractivity contribution is 7.92. The molecule has 4 aromatic rings. The lowest BCUT2D eigenvalue weighted by atomic mass is 10.0. The molecule has 1 fully saturated rings. The summed E-state index contributed by atoms with van der Waals surface area (Å²) in [7, 11) is -8.93. The van der Waals surface area contributed by atoms with Crippen molar-refractivity contribution in [2.75, 3.05) is 0 Å². The van der Waals surface area contributed by atoms with Gasteiger partial charge in [0, 0.05) is 0 Å². The predicted molar refractivity (Wildman–Crippen MR) is 137 cm³/mol. The Balaban J connectivity index is 1.70. The molecule has 0 aromatic heterocycles. The summed E-state index contributed by atoms with van der Waals surface area (Å²) in [6.07, 6.45) is -0.311. The molecule has 0 aliphatic carbocycles. The number of amides is 1. The van der Waals surface area contributed by atoms with Crippen molar-refractivity contribution in [1.82, 2.24) is 8.83 Å². The van der Waals surface area contributed by atoms with Crippen LogP contribution < -0.4 is 0 Å². The Morgan fingerprint density at radius 3 is 1.78 bits per heavy atom. The van der Waals surface area contributed by atoms with Gasteiger partial charge in [0.2, 0.25) is 0 Å². The number of aryl methyl sites for hydroxylation is 2. The van der Waals surface area contributed by atoms with E-state index in [4.69, 9.17) is 0 Å². The van der Waals surface area contributed by atoms with Gasteiger partial charge >= 0.3 is 0 Å². The molecule has 1 heterocycles. The van der Waals surface area contributed by atoms with E-state index in [0.717, 1.165) is 26.3 Å². The van der Waals surface area contributed by atoms with E-state index in [9.17, 15) is 21.6 Å². The molecule has 5 rings (SSSR count). The van der Waals surface area contributed by atoms with E-state index in [1.807, 2.05) is 37.3 Å². The molecule has 1 saturated heterocycles. The van der Waals surface area contributed by atoms with Crippen LogP contribution in [0.5, 0.6) is 0 Å². The summed E-state index contributed by atoms with van der Waals surface area (Å²) in [4.78, 5) is 13.0. The Morgan fingerprint density at radius 2 is 1.19 bits per heavy atom. The SMILES string of the molecule is Cc1ccc(S(=O)(=O)N2C(=O)CC(c3ccc4ccccc4c3)N2S(=O)(=O)c2ccc(C)cc2)cc1. The van der Waals surface area contributed by atoms with Crippen molar-refractivity contribution < 1.29 is 21.6 Å². The number of hydrogen-bond donors (Lipinski definition) is 0. The molecule has 7 nitrogen and oxygen atoms in total. The van der Waals surface area contributed by atoms with Crippen molar-refractivity contribution in [3.05, 3.63) is 108 Å². The molecule has 0 radical (unpaired) electrons. The first kappa shape index (κ1) is 24.2. The van der Waals surface area contributed by atoms with E-state index >= 15 is 0 Å². The van der Waals surface area contributed by atoms with Crippen LogP contribution >= 0.6 is 0 Å². The summed E-state index contributed by atoms with van der Waals surface area (Å²) in [5.41, 5.74) is 2.21. The van der Waals surface area contributed by atoms with Gasteiger partial charge in [-0.15, -0.1) is 4.41 Å². The normalized spacial score (nSPS) is 17.1. The zero-order valence-corrected chi connectivity index (χ0v) is 21.3. The van der Waals surface area contributed by atoms with Crippen LogP contribution in [0.25, 0.3) is 10.8 Å². The van der Waals surface area contributed by atoms with E-state index in [1.54, 1.807) is 43.3 Å². The van der Waals surface area contributed by atoms with Gasteiger partial charge in [0.15, 0.2) is 0 Å². The van der Waals surface area contributed by atoms with Crippen LogP contribution in [0.15, 0.2) is 101 Å². The number of rotatable bonds is 5. The van der Waals surface area contributed by atoms with Crippen LogP contribution in [-0.4, -0.2) is 31.6 Å². The second-order valence-electron chi connectivity index (χ2n) is 8.87. The zero-order valence-electron chi connectivity index (χ0n) is 19.7. The van der Waals surface area contributed by atoms with Gasteiger partial charge in [-0.05, 0) is 60.5 Å². The van der Waals surface area contributed by atoms with Crippen molar-refractivity contribution in [2.24, 2.45) is 0 Å². The summed E-state index contributed by atoms with van der Waals surface area (Å²) in [6, 6.07) is 24.0. The second kappa shape index (κ2) is 8.85. The fourth-order valence-corrected chi connectivity index (χ4v) is 7.74. The number of sulfonamides is 2. The topological polar surface area (TPSA) is 91.8 Å². The lowest BCUT2D eigenvalue weighted by molar-refractivity contribution is -0.126. The van der Waals surface area contributed by atoms with Crippen LogP contribution in [0, 0.1) is 13.8 Å². The van der Waals surface area contributed by atoms with Crippen molar-refractivity contribution in [2.45, 2.75) is 36.1 Å². The molecule has 184 valence electrons. The molecule has 0 spiro atoms. The van der Waals surface area contributed by atoms with Gasteiger partial charge in [0.1, 0.15) is 0 Å². The largest absolute Gasteiger partial charge is 0.281 e. The van der Waals surface area contributed by atoms with Gasteiger partial charge in [0.05, 0.1) is 22.3 Å². The average Bonchev–Trinajstić information content (AvgIpc) is 3.23. The molecular formula is C27H24N2O5S2. The maximum Gasteiger partial charge on any atom is 0.281 e. The predicted octanol–water partition coefficient (Wildman–Crippen LogP) is 4.72. The Morgan fingerprint density at radius 1 is 0.667 bits per heavy atom. The number of benzene rings is 4. The quantitative estimate of drug-likeness (QED) is 0.380. The number of carbonyl (C=O) groups excluding carboxylic acids is 1. The number of fused-ring (bicyclic) bond motifs is 1. The monoisotopic (exact) mass is 520 g/mol. The zero-order chi connectivity index (χ0) is 25.7. The van der Waals surface area contributed by atoms with Crippen LogP contribution in [0.4, 0.5) is 0 Å². The van der Waals surface area contributed by atoms with Gasteiger partial charge < -0.3 is 0 Å². The molecule has 0 saturated carbocycles. The van der Waals surface area contributed by atoms with E-state index in [0.29, 0.717) is 9.98 Å². The molecule has 36 heavy (non-hydrogen) atoms. The third-order valence-corrected chi connectivity index (χ3v) is 9.88. The molecule has 1 amide bonds. The molecule has 0 bridgehead atoms. The Labute approximate surface area is 210 Å². The van der Waals surface area contributed by atoms with E-state index in [2.05, 4.69) is 0 Å². The minimum absolute atomic E-state index is 0.0994. The summed E-state index contributed by atoms with van der Waals surface area (Å²) in [5.74, 6) is -0.815. The van der Waals surface area contributed by atoms with Crippen molar-refractivity contribution in [3.63, 3.8) is 0 Å². The second-order valence-corrected chi connectivity index (χ2v) is 12.4. The Hall–Kier alpha value is -3.53. The summed E-state index contributed by atoms with van der Waals surface area (Å²) in [5, 5.41) is 1.80. The molecule has 1 atom stereocenters. The fraction of sp³-hybridized carbons (Fsp3) is 0.148. The lowest BCUT2D eigenvalue weighted by Gasteiger charge is -2.30. The Bertz CT molecular complexity index is 1680. The molecule has 1 aliphatic rings. The first-order valence-electron chi connectivity index (χ1n) is 11.3. The van der Waals surface area contributed by atoms with Crippen LogP contribution in [-0.2, 0) is 24.8 Å². The third-order valence-electron chi connectivity index (χ3n) is 6.30. The van der Waals surface area contributed by atoms with Gasteiger partial charge in [-0.25, -0.2) is 8.42 Å². The molecule has 1 unspecified atom stereocenters. The highest BCUT2D eigenvalue weighted by Crippen LogP contribution is 2.41. The average molecular weight is 521 g/mol. The smallest absolute Gasteiger partial charge is 0.272 e. The highest BCUT2D eigenvalue weighted by atomic mass is 32.2. The third kappa shape index (κ3) is 4.09. The van der Waals surface area contributed by atoms with Crippen molar-refractivity contribution in [3.8, 4) is 0 Å². The van der Waals surface area contributed by atoms with Gasteiger partial charge in [-0.3, -0.25) is 4.79 Å². The van der Waals surface area contributed by atoms with Crippen molar-refractivity contribution >= 4 is 36.7 Å².